The second-order valence-corrected chi connectivity index (χ2v) is 7.60. The van der Waals surface area contributed by atoms with Crippen molar-refractivity contribution in [3.05, 3.63) is 46.3 Å². The van der Waals surface area contributed by atoms with Crippen LogP contribution in [0.25, 0.3) is 0 Å². The zero-order valence-electron chi connectivity index (χ0n) is 14.8. The molecule has 1 fully saturated rings. The Balaban J connectivity index is 1.40. The van der Waals surface area contributed by atoms with Crippen LogP contribution in [0.4, 0.5) is 17.2 Å². The number of allylic oxidation sites excluding steroid dienone is 1. The number of H-pyrrole nitrogens is 1. The predicted octanol–water partition coefficient (Wildman–Crippen LogP) is 3.40. The van der Waals surface area contributed by atoms with Crippen LogP contribution >= 0.6 is 15.9 Å². The van der Waals surface area contributed by atoms with Crippen molar-refractivity contribution in [2.45, 2.75) is 25.0 Å². The summed E-state index contributed by atoms with van der Waals surface area (Å²) in [4.78, 5) is 6.54. The summed E-state index contributed by atoms with van der Waals surface area (Å²) in [6.45, 7) is 0. The van der Waals surface area contributed by atoms with Crippen molar-refractivity contribution in [1.29, 1.82) is 0 Å². The lowest BCUT2D eigenvalue weighted by Crippen LogP contribution is -2.39. The molecule has 8 heteroatoms. The molecule has 2 aromatic rings. The van der Waals surface area contributed by atoms with Crippen molar-refractivity contribution in [3.63, 3.8) is 0 Å². The second-order valence-electron chi connectivity index (χ2n) is 6.74. The SMILES string of the molecule is CN(C)c1ccc(NC2N=CC(Br)=C(Nc3cc(C4CC4)[nH]n3)N2)cc1. The van der Waals surface area contributed by atoms with E-state index in [1.807, 2.05) is 26.2 Å². The summed E-state index contributed by atoms with van der Waals surface area (Å²) in [5.74, 6) is 2.28. The molecular weight excluding hydrogens is 394 g/mol. The summed E-state index contributed by atoms with van der Waals surface area (Å²) in [7, 11) is 4.05. The molecule has 26 heavy (non-hydrogen) atoms. The van der Waals surface area contributed by atoms with Gasteiger partial charge in [0.1, 0.15) is 5.82 Å². The molecule has 1 aromatic heterocycles. The Morgan fingerprint density at radius 3 is 2.65 bits per heavy atom. The van der Waals surface area contributed by atoms with Crippen LogP contribution in [0.3, 0.4) is 0 Å². The predicted molar refractivity (Wildman–Crippen MR) is 110 cm³/mol. The molecule has 2 heterocycles. The molecule has 1 aliphatic heterocycles. The number of nitrogens with one attached hydrogen (secondary N) is 4. The molecule has 1 unspecified atom stereocenters. The van der Waals surface area contributed by atoms with E-state index in [0.717, 1.165) is 27.5 Å². The monoisotopic (exact) mass is 415 g/mol. The van der Waals surface area contributed by atoms with Gasteiger partial charge in [-0.15, -0.1) is 0 Å². The van der Waals surface area contributed by atoms with E-state index >= 15 is 0 Å². The summed E-state index contributed by atoms with van der Waals surface area (Å²) in [5.41, 5.74) is 3.36. The van der Waals surface area contributed by atoms with E-state index in [-0.39, 0.29) is 6.29 Å². The van der Waals surface area contributed by atoms with Crippen molar-refractivity contribution in [1.82, 2.24) is 15.5 Å². The van der Waals surface area contributed by atoms with Gasteiger partial charge in [-0.3, -0.25) is 5.10 Å². The summed E-state index contributed by atoms with van der Waals surface area (Å²) in [6.07, 6.45) is 4.03. The zero-order valence-corrected chi connectivity index (χ0v) is 16.3. The number of halogens is 1. The van der Waals surface area contributed by atoms with E-state index in [1.54, 1.807) is 6.21 Å². The van der Waals surface area contributed by atoms with Gasteiger partial charge < -0.3 is 20.9 Å². The van der Waals surface area contributed by atoms with Gasteiger partial charge in [0, 0.05) is 49.4 Å². The minimum Gasteiger partial charge on any atom is -0.378 e. The molecule has 0 saturated heterocycles. The number of aromatic nitrogens is 2. The maximum Gasteiger partial charge on any atom is 0.195 e. The van der Waals surface area contributed by atoms with Gasteiger partial charge in [0.15, 0.2) is 12.1 Å². The molecule has 1 aromatic carbocycles. The Morgan fingerprint density at radius 2 is 1.96 bits per heavy atom. The Morgan fingerprint density at radius 1 is 1.19 bits per heavy atom. The van der Waals surface area contributed by atoms with Crippen LogP contribution in [0.2, 0.25) is 0 Å². The van der Waals surface area contributed by atoms with Crippen LogP contribution in [-0.4, -0.2) is 36.8 Å². The number of benzene rings is 1. The molecule has 136 valence electrons. The van der Waals surface area contributed by atoms with Crippen molar-refractivity contribution in [2.75, 3.05) is 29.6 Å². The normalized spacial score (nSPS) is 19.3. The van der Waals surface area contributed by atoms with Gasteiger partial charge in [0.2, 0.25) is 0 Å². The van der Waals surface area contributed by atoms with E-state index in [9.17, 15) is 0 Å². The summed E-state index contributed by atoms with van der Waals surface area (Å²) in [5, 5.41) is 17.5. The smallest absolute Gasteiger partial charge is 0.195 e. The average Bonchev–Trinajstić information content (AvgIpc) is 3.38. The lowest BCUT2D eigenvalue weighted by atomic mass is 10.2. The minimum absolute atomic E-state index is 0.258. The molecule has 2 aliphatic rings. The standard InChI is InChI=1S/C18H22BrN7/c1-26(2)13-7-5-12(6-8-13)21-18-20-10-14(19)17(23-18)22-16-9-15(24-25-16)11-3-4-11/h5-11,18,21,23H,3-4H2,1-2H3,(H2,22,24,25). The zero-order chi connectivity index (χ0) is 18.1. The molecule has 4 rings (SSSR count). The molecule has 1 saturated carbocycles. The topological polar surface area (TPSA) is 80.4 Å². The Labute approximate surface area is 161 Å². The van der Waals surface area contributed by atoms with Crippen molar-refractivity contribution >= 4 is 39.3 Å². The highest BCUT2D eigenvalue weighted by atomic mass is 79.9. The highest BCUT2D eigenvalue weighted by Crippen LogP contribution is 2.39. The molecule has 7 nitrogen and oxygen atoms in total. The third-order valence-electron chi connectivity index (χ3n) is 4.41. The van der Waals surface area contributed by atoms with Crippen molar-refractivity contribution < 1.29 is 0 Å². The molecule has 0 radical (unpaired) electrons. The molecule has 0 spiro atoms. The van der Waals surface area contributed by atoms with Crippen LogP contribution in [0, 0.1) is 0 Å². The number of anilines is 3. The van der Waals surface area contributed by atoms with Crippen molar-refractivity contribution in [3.8, 4) is 0 Å². The van der Waals surface area contributed by atoms with Crippen LogP contribution in [0.5, 0.6) is 0 Å². The van der Waals surface area contributed by atoms with E-state index in [0.29, 0.717) is 5.92 Å². The van der Waals surface area contributed by atoms with Gasteiger partial charge >= 0.3 is 0 Å². The number of hydrogen-bond acceptors (Lipinski definition) is 6. The Bertz CT molecular complexity index is 833. The first kappa shape index (κ1) is 17.0. The lowest BCUT2D eigenvalue weighted by molar-refractivity contribution is 0.653. The quantitative estimate of drug-likeness (QED) is 0.581. The van der Waals surface area contributed by atoms with Crippen LogP contribution in [0.15, 0.2) is 45.6 Å². The van der Waals surface area contributed by atoms with Crippen LogP contribution in [-0.2, 0) is 0 Å². The van der Waals surface area contributed by atoms with Gasteiger partial charge in [-0.05, 0) is 53.0 Å². The highest BCUT2D eigenvalue weighted by Gasteiger charge is 2.26. The second kappa shape index (κ2) is 7.03. The molecule has 1 atom stereocenters. The van der Waals surface area contributed by atoms with Gasteiger partial charge in [0.25, 0.3) is 0 Å². The maximum atomic E-state index is 4.47. The van der Waals surface area contributed by atoms with Crippen molar-refractivity contribution in [2.24, 2.45) is 4.99 Å². The number of rotatable bonds is 6. The van der Waals surface area contributed by atoms with E-state index in [4.69, 9.17) is 0 Å². The Hall–Kier alpha value is -2.48. The van der Waals surface area contributed by atoms with E-state index in [2.05, 4.69) is 70.2 Å². The Kier molecular flexibility index (Phi) is 4.58. The van der Waals surface area contributed by atoms with Gasteiger partial charge in [0.05, 0.1) is 4.48 Å². The third kappa shape index (κ3) is 3.85. The molecule has 0 bridgehead atoms. The first-order valence-electron chi connectivity index (χ1n) is 8.64. The summed E-state index contributed by atoms with van der Waals surface area (Å²) in [6, 6.07) is 10.3. The molecule has 1 aliphatic carbocycles. The maximum absolute atomic E-state index is 4.47. The van der Waals surface area contributed by atoms with Gasteiger partial charge in [-0.25, -0.2) is 4.99 Å². The van der Waals surface area contributed by atoms with Gasteiger partial charge in [-0.2, -0.15) is 5.10 Å². The fourth-order valence-corrected chi connectivity index (χ4v) is 3.09. The van der Waals surface area contributed by atoms with E-state index in [1.165, 1.54) is 18.5 Å². The number of aromatic amines is 1. The fourth-order valence-electron chi connectivity index (χ4n) is 2.76. The number of hydrogen-bond donors (Lipinski definition) is 4. The van der Waals surface area contributed by atoms with Gasteiger partial charge in [-0.1, -0.05) is 0 Å². The fraction of sp³-hybridized carbons (Fsp3) is 0.333. The van der Waals surface area contributed by atoms with E-state index < -0.39 is 0 Å². The van der Waals surface area contributed by atoms with Crippen LogP contribution < -0.4 is 20.9 Å². The first-order valence-corrected chi connectivity index (χ1v) is 9.43. The highest BCUT2D eigenvalue weighted by molar-refractivity contribution is 9.12. The number of aliphatic imine (C=N–C) groups is 1. The summed E-state index contributed by atoms with van der Waals surface area (Å²) < 4.78 is 0.856. The number of nitrogens with zero attached hydrogens (tertiary/aromatic N) is 3. The van der Waals surface area contributed by atoms with Crippen LogP contribution in [0.1, 0.15) is 24.5 Å². The third-order valence-corrected chi connectivity index (χ3v) is 5.01. The lowest BCUT2D eigenvalue weighted by Gasteiger charge is -2.24. The first-order chi connectivity index (χ1) is 12.6. The minimum atomic E-state index is -0.258. The molecule has 0 amide bonds. The summed E-state index contributed by atoms with van der Waals surface area (Å²) >= 11 is 3.53. The molecule has 4 N–H and O–H groups in total. The average molecular weight is 416 g/mol. The molecular formula is C18H22BrN7. The largest absolute Gasteiger partial charge is 0.378 e.